The molecule has 0 aliphatic carbocycles. The number of alkyl halides is 2. The van der Waals surface area contributed by atoms with Crippen molar-refractivity contribution in [3.63, 3.8) is 0 Å². The predicted molar refractivity (Wildman–Crippen MR) is 93.4 cm³/mol. The Morgan fingerprint density at radius 2 is 1.67 bits per heavy atom. The van der Waals surface area contributed by atoms with Crippen molar-refractivity contribution in [1.82, 2.24) is 19.0 Å². The smallest absolute Gasteiger partial charge is 0.296 e. The zero-order valence-electron chi connectivity index (χ0n) is 15.1. The van der Waals surface area contributed by atoms with E-state index in [1.807, 2.05) is 0 Å². The Hall–Kier alpha value is -1.91. The van der Waals surface area contributed by atoms with Crippen LogP contribution in [0, 0.1) is 19.7 Å². The van der Waals surface area contributed by atoms with E-state index in [0.717, 1.165) is 5.56 Å². The van der Waals surface area contributed by atoms with Gasteiger partial charge < -0.3 is 0 Å². The molecular formula is C17H21F3N4O2S. The summed E-state index contributed by atoms with van der Waals surface area (Å²) in [5.41, 5.74) is 0.954. The van der Waals surface area contributed by atoms with Gasteiger partial charge in [-0.15, -0.1) is 0 Å². The molecule has 2 aromatic rings. The van der Waals surface area contributed by atoms with Crippen LogP contribution in [0.1, 0.15) is 23.5 Å². The summed E-state index contributed by atoms with van der Waals surface area (Å²) in [4.78, 5) is 1.93. The standard InChI is InChI=1S/C17H21F3N4O2S/c1-12-16(13(2)24(21-12)17(19)20)27(25,26)23-9-7-22(8-10-23)11-14-3-5-15(18)6-4-14/h3-6,17H,7-11H2,1-2H3. The van der Waals surface area contributed by atoms with E-state index < -0.39 is 16.6 Å². The molecular weight excluding hydrogens is 381 g/mol. The topological polar surface area (TPSA) is 58.4 Å². The summed E-state index contributed by atoms with van der Waals surface area (Å²) in [6.45, 7) is 1.96. The summed E-state index contributed by atoms with van der Waals surface area (Å²) in [5, 5.41) is 3.67. The highest BCUT2D eigenvalue weighted by atomic mass is 32.2. The van der Waals surface area contributed by atoms with E-state index in [1.54, 1.807) is 12.1 Å². The fraction of sp³-hybridized carbons (Fsp3) is 0.471. The van der Waals surface area contributed by atoms with Crippen LogP contribution in [0.5, 0.6) is 0 Å². The van der Waals surface area contributed by atoms with Gasteiger partial charge in [0.25, 0.3) is 0 Å². The van der Waals surface area contributed by atoms with Crippen LogP contribution in [0.3, 0.4) is 0 Å². The van der Waals surface area contributed by atoms with Gasteiger partial charge in [0, 0.05) is 32.7 Å². The first kappa shape index (κ1) is 19.8. The second-order valence-corrected chi connectivity index (χ2v) is 8.40. The van der Waals surface area contributed by atoms with E-state index >= 15 is 0 Å². The Bertz CT molecular complexity index is 905. The van der Waals surface area contributed by atoms with Gasteiger partial charge in [0.2, 0.25) is 10.0 Å². The molecule has 1 fully saturated rings. The molecule has 2 heterocycles. The molecule has 0 spiro atoms. The minimum Gasteiger partial charge on any atom is -0.296 e. The number of aryl methyl sites for hydroxylation is 1. The van der Waals surface area contributed by atoms with Gasteiger partial charge >= 0.3 is 6.55 Å². The summed E-state index contributed by atoms with van der Waals surface area (Å²) < 4.78 is 66.6. The molecule has 0 bridgehead atoms. The molecule has 1 aliphatic rings. The molecule has 1 saturated heterocycles. The van der Waals surface area contributed by atoms with Gasteiger partial charge in [-0.1, -0.05) is 12.1 Å². The van der Waals surface area contributed by atoms with Crippen LogP contribution >= 0.6 is 0 Å². The highest BCUT2D eigenvalue weighted by Gasteiger charge is 2.34. The molecule has 10 heteroatoms. The molecule has 0 radical (unpaired) electrons. The fourth-order valence-electron chi connectivity index (χ4n) is 3.32. The van der Waals surface area contributed by atoms with E-state index in [1.165, 1.54) is 30.3 Å². The zero-order valence-corrected chi connectivity index (χ0v) is 15.9. The van der Waals surface area contributed by atoms with Crippen LogP contribution in [-0.2, 0) is 16.6 Å². The van der Waals surface area contributed by atoms with Crippen molar-refractivity contribution in [2.24, 2.45) is 0 Å². The van der Waals surface area contributed by atoms with Gasteiger partial charge in [0.15, 0.2) is 0 Å². The first-order valence-corrected chi connectivity index (χ1v) is 9.95. The van der Waals surface area contributed by atoms with Crippen molar-refractivity contribution >= 4 is 10.0 Å². The number of nitrogens with zero attached hydrogens (tertiary/aromatic N) is 4. The lowest BCUT2D eigenvalue weighted by Crippen LogP contribution is -2.48. The zero-order chi connectivity index (χ0) is 19.8. The maximum Gasteiger partial charge on any atom is 0.333 e. The van der Waals surface area contributed by atoms with Crippen LogP contribution in [0.4, 0.5) is 13.2 Å². The summed E-state index contributed by atoms with van der Waals surface area (Å²) in [5.74, 6) is -0.301. The third-order valence-corrected chi connectivity index (χ3v) is 6.84. The average Bonchev–Trinajstić information content (AvgIpc) is 2.93. The van der Waals surface area contributed by atoms with Gasteiger partial charge in [-0.25, -0.2) is 17.5 Å². The quantitative estimate of drug-likeness (QED) is 0.771. The molecule has 148 valence electrons. The van der Waals surface area contributed by atoms with E-state index in [4.69, 9.17) is 0 Å². The summed E-state index contributed by atoms with van der Waals surface area (Å²) in [7, 11) is -3.90. The SMILES string of the molecule is Cc1nn(C(F)F)c(C)c1S(=O)(=O)N1CCN(Cc2ccc(F)cc2)CC1. The van der Waals surface area contributed by atoms with Gasteiger partial charge in [0.05, 0.1) is 11.4 Å². The second-order valence-electron chi connectivity index (χ2n) is 6.53. The van der Waals surface area contributed by atoms with E-state index in [0.29, 0.717) is 24.3 Å². The van der Waals surface area contributed by atoms with Crippen LogP contribution < -0.4 is 0 Å². The third-order valence-electron chi connectivity index (χ3n) is 4.69. The maximum absolute atomic E-state index is 13.0. The number of aromatic nitrogens is 2. The highest BCUT2D eigenvalue weighted by molar-refractivity contribution is 7.89. The van der Waals surface area contributed by atoms with Crippen LogP contribution in [0.2, 0.25) is 0 Å². The second kappa shape index (κ2) is 7.61. The molecule has 1 aromatic carbocycles. The Morgan fingerprint density at radius 1 is 1.07 bits per heavy atom. The maximum atomic E-state index is 13.0. The van der Waals surface area contributed by atoms with Gasteiger partial charge in [0.1, 0.15) is 10.7 Å². The van der Waals surface area contributed by atoms with Gasteiger partial charge in [-0.3, -0.25) is 4.90 Å². The Morgan fingerprint density at radius 3 is 2.19 bits per heavy atom. The lowest BCUT2D eigenvalue weighted by Gasteiger charge is -2.34. The number of sulfonamides is 1. The first-order chi connectivity index (χ1) is 12.7. The van der Waals surface area contributed by atoms with Crippen molar-refractivity contribution in [1.29, 1.82) is 0 Å². The number of hydrogen-bond donors (Lipinski definition) is 0. The van der Waals surface area contributed by atoms with Crippen molar-refractivity contribution in [3.8, 4) is 0 Å². The van der Waals surface area contributed by atoms with Gasteiger partial charge in [-0.05, 0) is 31.5 Å². The number of benzene rings is 1. The largest absolute Gasteiger partial charge is 0.333 e. The molecule has 0 atom stereocenters. The fourth-order valence-corrected chi connectivity index (χ4v) is 5.10. The molecule has 6 nitrogen and oxygen atoms in total. The lowest BCUT2D eigenvalue weighted by molar-refractivity contribution is 0.0538. The number of hydrogen-bond acceptors (Lipinski definition) is 4. The van der Waals surface area contributed by atoms with Crippen molar-refractivity contribution in [2.45, 2.75) is 31.8 Å². The number of piperazine rings is 1. The van der Waals surface area contributed by atoms with Crippen molar-refractivity contribution < 1.29 is 21.6 Å². The number of halogens is 3. The first-order valence-electron chi connectivity index (χ1n) is 8.51. The minimum absolute atomic E-state index is 0.0590. The lowest BCUT2D eigenvalue weighted by atomic mass is 10.2. The van der Waals surface area contributed by atoms with E-state index in [-0.39, 0.29) is 35.2 Å². The van der Waals surface area contributed by atoms with Crippen molar-refractivity contribution in [3.05, 3.63) is 47.0 Å². The van der Waals surface area contributed by atoms with E-state index in [9.17, 15) is 21.6 Å². The monoisotopic (exact) mass is 402 g/mol. The Balaban J connectivity index is 1.71. The highest BCUT2D eigenvalue weighted by Crippen LogP contribution is 2.27. The summed E-state index contributed by atoms with van der Waals surface area (Å²) in [6, 6.07) is 6.18. The summed E-state index contributed by atoms with van der Waals surface area (Å²) in [6.07, 6.45) is 0. The van der Waals surface area contributed by atoms with Gasteiger partial charge in [-0.2, -0.15) is 18.2 Å². The van der Waals surface area contributed by atoms with Crippen molar-refractivity contribution in [2.75, 3.05) is 26.2 Å². The number of rotatable bonds is 5. The Labute approximate surface area is 156 Å². The molecule has 0 saturated carbocycles. The molecule has 0 amide bonds. The molecule has 27 heavy (non-hydrogen) atoms. The minimum atomic E-state index is -3.90. The molecule has 1 aromatic heterocycles. The van der Waals surface area contributed by atoms with Crippen LogP contribution in [-0.4, -0.2) is 53.6 Å². The predicted octanol–water partition coefficient (Wildman–Crippen LogP) is 2.54. The third kappa shape index (κ3) is 4.02. The molecule has 0 N–H and O–H groups in total. The molecule has 3 rings (SSSR count). The van der Waals surface area contributed by atoms with Crippen LogP contribution in [0.15, 0.2) is 29.2 Å². The van der Waals surface area contributed by atoms with Crippen LogP contribution in [0.25, 0.3) is 0 Å². The average molecular weight is 402 g/mol. The van der Waals surface area contributed by atoms with E-state index in [2.05, 4.69) is 10.00 Å². The summed E-state index contributed by atoms with van der Waals surface area (Å²) >= 11 is 0. The molecule has 0 unspecified atom stereocenters. The Kier molecular flexibility index (Phi) is 5.59. The molecule has 1 aliphatic heterocycles. The normalized spacial score (nSPS) is 17.0.